The van der Waals surface area contributed by atoms with Crippen LogP contribution in [-0.4, -0.2) is 5.78 Å². The Bertz CT molecular complexity index is 612. The Morgan fingerprint density at radius 2 is 1.61 bits per heavy atom. The van der Waals surface area contributed by atoms with Crippen LogP contribution in [0.4, 0.5) is 0 Å². The van der Waals surface area contributed by atoms with Gasteiger partial charge in [-0.3, -0.25) is 4.79 Å². The van der Waals surface area contributed by atoms with E-state index in [1.807, 2.05) is 25.1 Å². The van der Waals surface area contributed by atoms with E-state index in [0.29, 0.717) is 12.0 Å². The van der Waals surface area contributed by atoms with Crippen molar-refractivity contribution in [1.82, 2.24) is 0 Å². The largest absolute Gasteiger partial charge is 0.299 e. The maximum Gasteiger partial charge on any atom is 0.137 e. The minimum Gasteiger partial charge on any atom is -0.299 e. The predicted octanol–water partition coefficient (Wildman–Crippen LogP) is 2.38. The Labute approximate surface area is 106 Å². The summed E-state index contributed by atoms with van der Waals surface area (Å²) in [5, 5.41) is 26.9. The Kier molecular flexibility index (Phi) is 4.19. The van der Waals surface area contributed by atoms with E-state index in [2.05, 4.69) is 0 Å². The number of hydrogen-bond acceptors (Lipinski definition) is 4. The molecular formula is C14H11N3O. The fourth-order valence-electron chi connectivity index (χ4n) is 1.91. The molecule has 0 aliphatic rings. The first-order chi connectivity index (χ1) is 8.58. The molecule has 0 fully saturated rings. The van der Waals surface area contributed by atoms with Gasteiger partial charge in [-0.25, -0.2) is 0 Å². The number of benzene rings is 1. The highest BCUT2D eigenvalue weighted by Gasteiger charge is 2.20. The van der Waals surface area contributed by atoms with E-state index in [4.69, 9.17) is 15.8 Å². The molecule has 0 aliphatic heterocycles. The summed E-state index contributed by atoms with van der Waals surface area (Å²) in [6.45, 7) is 3.30. The molecule has 0 aliphatic carbocycles. The first-order valence-electron chi connectivity index (χ1n) is 5.47. The first-order valence-corrected chi connectivity index (χ1v) is 5.47. The molecule has 4 nitrogen and oxygen atoms in total. The third-order valence-corrected chi connectivity index (χ3v) is 2.83. The number of nitriles is 3. The monoisotopic (exact) mass is 237 g/mol. The van der Waals surface area contributed by atoms with E-state index in [9.17, 15) is 4.79 Å². The van der Waals surface area contributed by atoms with Crippen LogP contribution in [0.15, 0.2) is 12.1 Å². The summed E-state index contributed by atoms with van der Waals surface area (Å²) in [7, 11) is 0. The van der Waals surface area contributed by atoms with Gasteiger partial charge in [0.1, 0.15) is 17.9 Å². The van der Waals surface area contributed by atoms with Crippen molar-refractivity contribution in [3.63, 3.8) is 0 Å². The molecule has 4 heteroatoms. The van der Waals surface area contributed by atoms with Crippen LogP contribution in [-0.2, 0) is 4.79 Å². The van der Waals surface area contributed by atoms with Crippen molar-refractivity contribution in [3.8, 4) is 18.2 Å². The van der Waals surface area contributed by atoms with Gasteiger partial charge in [0.2, 0.25) is 0 Å². The molecular weight excluding hydrogens is 226 g/mol. The lowest BCUT2D eigenvalue weighted by atomic mass is 9.87. The van der Waals surface area contributed by atoms with Crippen molar-refractivity contribution in [2.24, 2.45) is 0 Å². The Morgan fingerprint density at radius 1 is 1.11 bits per heavy atom. The zero-order valence-electron chi connectivity index (χ0n) is 10.2. The van der Waals surface area contributed by atoms with E-state index >= 15 is 0 Å². The minimum absolute atomic E-state index is 0.0532. The van der Waals surface area contributed by atoms with Crippen LogP contribution in [0.25, 0.3) is 0 Å². The summed E-state index contributed by atoms with van der Waals surface area (Å²) in [5.74, 6) is -0.456. The van der Waals surface area contributed by atoms with Crippen molar-refractivity contribution in [2.45, 2.75) is 26.2 Å². The zero-order valence-corrected chi connectivity index (χ0v) is 10.2. The van der Waals surface area contributed by atoms with Gasteiger partial charge in [0.05, 0.1) is 22.8 Å². The van der Waals surface area contributed by atoms with Gasteiger partial charge in [-0.05, 0) is 31.0 Å². The van der Waals surface area contributed by atoms with E-state index in [0.717, 1.165) is 0 Å². The summed E-state index contributed by atoms with van der Waals surface area (Å²) >= 11 is 0. The van der Waals surface area contributed by atoms with Gasteiger partial charge < -0.3 is 0 Å². The van der Waals surface area contributed by atoms with E-state index in [1.54, 1.807) is 0 Å². The Balaban J connectivity index is 3.55. The molecule has 18 heavy (non-hydrogen) atoms. The van der Waals surface area contributed by atoms with Crippen molar-refractivity contribution >= 4 is 5.78 Å². The molecule has 1 rings (SSSR count). The summed E-state index contributed by atoms with van der Waals surface area (Å²) in [6, 6.07) is 8.62. The van der Waals surface area contributed by atoms with Crippen LogP contribution >= 0.6 is 0 Å². The molecule has 0 saturated heterocycles. The Hall–Kier alpha value is -2.64. The molecule has 0 bridgehead atoms. The average molecular weight is 237 g/mol. The van der Waals surface area contributed by atoms with Crippen molar-refractivity contribution in [3.05, 3.63) is 34.4 Å². The normalized spacial score (nSPS) is 10.8. The first kappa shape index (κ1) is 13.4. The van der Waals surface area contributed by atoms with E-state index in [1.165, 1.54) is 19.1 Å². The molecule has 1 aromatic carbocycles. The number of Topliss-reactive ketones (excluding diaryl/α,β-unsaturated/α-hetero) is 1. The lowest BCUT2D eigenvalue weighted by molar-refractivity contribution is -0.118. The molecule has 0 N–H and O–H groups in total. The van der Waals surface area contributed by atoms with E-state index in [-0.39, 0.29) is 22.5 Å². The summed E-state index contributed by atoms with van der Waals surface area (Å²) in [5.41, 5.74) is 1.18. The molecule has 0 heterocycles. The highest BCUT2D eigenvalue weighted by Crippen LogP contribution is 2.26. The molecule has 0 saturated carbocycles. The van der Waals surface area contributed by atoms with Crippen molar-refractivity contribution in [1.29, 1.82) is 15.8 Å². The van der Waals surface area contributed by atoms with Crippen molar-refractivity contribution in [2.75, 3.05) is 0 Å². The van der Waals surface area contributed by atoms with Gasteiger partial charge in [-0.1, -0.05) is 6.92 Å². The highest BCUT2D eigenvalue weighted by atomic mass is 16.1. The lowest BCUT2D eigenvalue weighted by Gasteiger charge is -2.14. The van der Waals surface area contributed by atoms with E-state index < -0.39 is 5.92 Å². The van der Waals surface area contributed by atoms with Gasteiger partial charge in [0.25, 0.3) is 0 Å². The maximum absolute atomic E-state index is 11.5. The predicted molar refractivity (Wildman–Crippen MR) is 64.3 cm³/mol. The van der Waals surface area contributed by atoms with Crippen LogP contribution < -0.4 is 0 Å². The topological polar surface area (TPSA) is 88.4 Å². The number of carbonyl (C=O) groups excluding carboxylic acids is 1. The van der Waals surface area contributed by atoms with Crippen LogP contribution in [0.2, 0.25) is 0 Å². The number of rotatable bonds is 3. The number of ketones is 1. The maximum atomic E-state index is 11.5. The SMILES string of the molecule is CCC(C(C)=O)c1cc(C#N)c(C#N)cc1C#N. The molecule has 0 radical (unpaired) electrons. The summed E-state index contributed by atoms with van der Waals surface area (Å²) in [6.07, 6.45) is 0.556. The van der Waals surface area contributed by atoms with Gasteiger partial charge in [-0.15, -0.1) is 0 Å². The van der Waals surface area contributed by atoms with Gasteiger partial charge in [0, 0.05) is 5.92 Å². The highest BCUT2D eigenvalue weighted by molar-refractivity contribution is 5.84. The minimum atomic E-state index is -0.403. The second kappa shape index (κ2) is 5.62. The number of carbonyl (C=O) groups is 1. The molecule has 88 valence electrons. The lowest BCUT2D eigenvalue weighted by Crippen LogP contribution is -2.10. The van der Waals surface area contributed by atoms with Gasteiger partial charge in [0.15, 0.2) is 0 Å². The van der Waals surface area contributed by atoms with Gasteiger partial charge in [-0.2, -0.15) is 15.8 Å². The van der Waals surface area contributed by atoms with Crippen LogP contribution in [0.1, 0.15) is 48.4 Å². The number of hydrogen-bond donors (Lipinski definition) is 0. The third kappa shape index (κ3) is 2.37. The second-order valence-electron chi connectivity index (χ2n) is 3.89. The standard InChI is InChI=1S/C14H11N3O/c1-3-13(9(2)18)14-5-11(7-16)10(6-15)4-12(14)8-17/h4-5,13H,3H2,1-2H3. The second-order valence-corrected chi connectivity index (χ2v) is 3.89. The average Bonchev–Trinajstić information content (AvgIpc) is 2.38. The summed E-state index contributed by atoms with van der Waals surface area (Å²) in [4.78, 5) is 11.5. The van der Waals surface area contributed by atoms with Crippen molar-refractivity contribution < 1.29 is 4.79 Å². The number of nitrogens with zero attached hydrogens (tertiary/aromatic N) is 3. The van der Waals surface area contributed by atoms with Crippen LogP contribution in [0, 0.1) is 34.0 Å². The quantitative estimate of drug-likeness (QED) is 0.807. The summed E-state index contributed by atoms with van der Waals surface area (Å²) < 4.78 is 0. The Morgan fingerprint density at radius 3 is 2.00 bits per heavy atom. The third-order valence-electron chi connectivity index (χ3n) is 2.83. The smallest absolute Gasteiger partial charge is 0.137 e. The molecule has 0 aromatic heterocycles. The van der Waals surface area contributed by atoms with Crippen LogP contribution in [0.5, 0.6) is 0 Å². The zero-order chi connectivity index (χ0) is 13.7. The molecule has 1 unspecified atom stereocenters. The fourth-order valence-corrected chi connectivity index (χ4v) is 1.91. The molecule has 1 aromatic rings. The molecule has 0 spiro atoms. The molecule has 1 atom stereocenters. The fraction of sp³-hybridized carbons (Fsp3) is 0.286. The van der Waals surface area contributed by atoms with Gasteiger partial charge >= 0.3 is 0 Å². The molecule has 0 amide bonds. The van der Waals surface area contributed by atoms with Crippen LogP contribution in [0.3, 0.4) is 0 Å².